The van der Waals surface area contributed by atoms with Crippen molar-refractivity contribution in [3.63, 3.8) is 0 Å². The van der Waals surface area contributed by atoms with Crippen LogP contribution < -0.4 is 10.6 Å². The van der Waals surface area contributed by atoms with Crippen molar-refractivity contribution in [3.05, 3.63) is 0 Å². The molecule has 2 N–H and O–H groups in total. The zero-order valence-corrected chi connectivity index (χ0v) is 9.34. The zero-order chi connectivity index (χ0) is 10.6. The topological polar surface area (TPSA) is 44.4 Å². The Hall–Kier alpha value is -0.610. The van der Waals surface area contributed by atoms with E-state index in [9.17, 15) is 4.79 Å². The van der Waals surface area contributed by atoms with Crippen molar-refractivity contribution < 1.29 is 4.79 Å². The number of likely N-dealkylation sites (N-methyl/N-ethyl adjacent to an activating group) is 1. The summed E-state index contributed by atoms with van der Waals surface area (Å²) < 4.78 is 0. The van der Waals surface area contributed by atoms with E-state index in [2.05, 4.69) is 22.5 Å². The van der Waals surface area contributed by atoms with Gasteiger partial charge in [-0.3, -0.25) is 9.69 Å². The van der Waals surface area contributed by atoms with E-state index in [4.69, 9.17) is 0 Å². The van der Waals surface area contributed by atoms with Crippen LogP contribution in [-0.4, -0.2) is 49.1 Å². The minimum absolute atomic E-state index is 0.133. The molecule has 4 heteroatoms. The summed E-state index contributed by atoms with van der Waals surface area (Å²) in [5, 5.41) is 6.13. The van der Waals surface area contributed by atoms with Gasteiger partial charge >= 0.3 is 0 Å². The van der Waals surface area contributed by atoms with Gasteiger partial charge < -0.3 is 10.6 Å². The molecule has 14 heavy (non-hydrogen) atoms. The normalized spacial score (nSPS) is 17.2. The Morgan fingerprint density at radius 2 is 2.21 bits per heavy atom. The number of hydrogen-bond acceptors (Lipinski definition) is 3. The van der Waals surface area contributed by atoms with Gasteiger partial charge in [-0.15, -0.1) is 0 Å². The maximum Gasteiger partial charge on any atom is 0.234 e. The summed E-state index contributed by atoms with van der Waals surface area (Å²) in [6, 6.07) is 0.790. The van der Waals surface area contributed by atoms with Gasteiger partial charge in [0.05, 0.1) is 6.54 Å². The number of hydrogen-bond donors (Lipinski definition) is 2. The number of carbonyl (C=O) groups excluding carboxylic acids is 1. The molecule has 0 spiro atoms. The summed E-state index contributed by atoms with van der Waals surface area (Å²) in [6.07, 6.45) is 0. The van der Waals surface area contributed by atoms with E-state index in [1.165, 1.54) is 0 Å². The SMILES string of the molecule is CCN(CC(=O)NC(C)C)C1CNC1. The van der Waals surface area contributed by atoms with Crippen LogP contribution >= 0.6 is 0 Å². The van der Waals surface area contributed by atoms with E-state index in [-0.39, 0.29) is 11.9 Å². The third-order valence-corrected chi connectivity index (χ3v) is 2.48. The Balaban J connectivity index is 2.28. The Bertz CT molecular complexity index is 190. The Labute approximate surface area is 86.0 Å². The first-order valence-corrected chi connectivity index (χ1v) is 5.37. The highest BCUT2D eigenvalue weighted by molar-refractivity contribution is 5.78. The molecule has 1 rings (SSSR count). The van der Waals surface area contributed by atoms with Gasteiger partial charge in [0.15, 0.2) is 0 Å². The Morgan fingerprint density at radius 1 is 1.57 bits per heavy atom. The molecule has 0 unspecified atom stereocenters. The average molecular weight is 199 g/mol. The summed E-state index contributed by atoms with van der Waals surface area (Å²) in [5.41, 5.74) is 0. The molecule has 1 aliphatic heterocycles. The van der Waals surface area contributed by atoms with Crippen molar-refractivity contribution in [1.82, 2.24) is 15.5 Å². The summed E-state index contributed by atoms with van der Waals surface area (Å²) in [5.74, 6) is 0.133. The van der Waals surface area contributed by atoms with E-state index < -0.39 is 0 Å². The van der Waals surface area contributed by atoms with Crippen LogP contribution in [0, 0.1) is 0 Å². The van der Waals surface area contributed by atoms with Gasteiger partial charge in [0.1, 0.15) is 0 Å². The van der Waals surface area contributed by atoms with Gasteiger partial charge in [-0.1, -0.05) is 6.92 Å². The van der Waals surface area contributed by atoms with E-state index in [1.54, 1.807) is 0 Å². The van der Waals surface area contributed by atoms with Crippen molar-refractivity contribution in [2.45, 2.75) is 32.9 Å². The zero-order valence-electron chi connectivity index (χ0n) is 9.34. The van der Waals surface area contributed by atoms with E-state index in [0.29, 0.717) is 12.6 Å². The van der Waals surface area contributed by atoms with E-state index in [1.807, 2.05) is 13.8 Å². The van der Waals surface area contributed by atoms with Crippen molar-refractivity contribution in [3.8, 4) is 0 Å². The standard InChI is InChI=1S/C10H21N3O/c1-4-13(9-5-11-6-9)7-10(14)12-8(2)3/h8-9,11H,4-7H2,1-3H3,(H,12,14). The molecule has 0 aromatic carbocycles. The lowest BCUT2D eigenvalue weighted by molar-refractivity contribution is -0.123. The van der Waals surface area contributed by atoms with Crippen LogP contribution in [0.15, 0.2) is 0 Å². The first-order chi connectivity index (χ1) is 6.63. The maximum atomic E-state index is 11.5. The molecule has 1 heterocycles. The number of carbonyl (C=O) groups is 1. The quantitative estimate of drug-likeness (QED) is 0.645. The van der Waals surface area contributed by atoms with E-state index >= 15 is 0 Å². The predicted octanol–water partition coefficient (Wildman–Crippen LogP) is -0.195. The molecule has 0 saturated carbocycles. The van der Waals surface area contributed by atoms with Gasteiger partial charge in [-0.05, 0) is 20.4 Å². The molecule has 0 aliphatic carbocycles. The minimum atomic E-state index is 0.133. The van der Waals surface area contributed by atoms with E-state index in [0.717, 1.165) is 19.6 Å². The molecule has 0 aromatic heterocycles. The third-order valence-electron chi connectivity index (χ3n) is 2.48. The molecule has 0 radical (unpaired) electrons. The highest BCUT2D eigenvalue weighted by Gasteiger charge is 2.24. The van der Waals surface area contributed by atoms with Gasteiger partial charge in [-0.2, -0.15) is 0 Å². The molecule has 1 amide bonds. The third kappa shape index (κ3) is 3.27. The smallest absolute Gasteiger partial charge is 0.234 e. The van der Waals surface area contributed by atoms with Gasteiger partial charge in [0, 0.05) is 25.2 Å². The van der Waals surface area contributed by atoms with Gasteiger partial charge in [-0.25, -0.2) is 0 Å². The molecule has 1 aliphatic rings. The summed E-state index contributed by atoms with van der Waals surface area (Å²) >= 11 is 0. The fourth-order valence-electron chi connectivity index (χ4n) is 1.58. The summed E-state index contributed by atoms with van der Waals surface area (Å²) in [4.78, 5) is 13.7. The van der Waals surface area contributed by atoms with Crippen molar-refractivity contribution >= 4 is 5.91 Å². The second-order valence-corrected chi connectivity index (χ2v) is 4.10. The van der Waals surface area contributed by atoms with Crippen molar-refractivity contribution in [2.24, 2.45) is 0 Å². The molecule has 0 atom stereocenters. The maximum absolute atomic E-state index is 11.5. The molecule has 0 bridgehead atoms. The average Bonchev–Trinajstić information content (AvgIpc) is 1.98. The van der Waals surface area contributed by atoms with Crippen molar-refractivity contribution in [1.29, 1.82) is 0 Å². The highest BCUT2D eigenvalue weighted by Crippen LogP contribution is 2.03. The molecule has 0 aromatic rings. The summed E-state index contributed by atoms with van der Waals surface area (Å²) in [7, 11) is 0. The highest BCUT2D eigenvalue weighted by atomic mass is 16.2. The van der Waals surface area contributed by atoms with Crippen LogP contribution in [0.4, 0.5) is 0 Å². The molecular weight excluding hydrogens is 178 g/mol. The molecular formula is C10H21N3O. The molecule has 4 nitrogen and oxygen atoms in total. The first-order valence-electron chi connectivity index (χ1n) is 5.37. The second-order valence-electron chi connectivity index (χ2n) is 4.10. The Morgan fingerprint density at radius 3 is 2.57 bits per heavy atom. The van der Waals surface area contributed by atoms with Crippen LogP contribution in [0.5, 0.6) is 0 Å². The second kappa shape index (κ2) is 5.32. The largest absolute Gasteiger partial charge is 0.353 e. The van der Waals surface area contributed by atoms with Gasteiger partial charge in [0.2, 0.25) is 5.91 Å². The van der Waals surface area contributed by atoms with Gasteiger partial charge in [0.25, 0.3) is 0 Å². The lowest BCUT2D eigenvalue weighted by atomic mass is 10.1. The Kier molecular flexibility index (Phi) is 4.35. The minimum Gasteiger partial charge on any atom is -0.353 e. The predicted molar refractivity (Wildman–Crippen MR) is 57.2 cm³/mol. The number of nitrogens with one attached hydrogen (secondary N) is 2. The number of amides is 1. The fraction of sp³-hybridized carbons (Fsp3) is 0.900. The lowest BCUT2D eigenvalue weighted by Crippen LogP contribution is -2.59. The van der Waals surface area contributed by atoms with Crippen LogP contribution in [0.25, 0.3) is 0 Å². The fourth-order valence-corrected chi connectivity index (χ4v) is 1.58. The molecule has 82 valence electrons. The molecule has 1 fully saturated rings. The molecule has 1 saturated heterocycles. The van der Waals surface area contributed by atoms with Crippen molar-refractivity contribution in [2.75, 3.05) is 26.2 Å². The van der Waals surface area contributed by atoms with Crippen LogP contribution in [0.1, 0.15) is 20.8 Å². The van der Waals surface area contributed by atoms with Crippen LogP contribution in [0.3, 0.4) is 0 Å². The monoisotopic (exact) mass is 199 g/mol. The summed E-state index contributed by atoms with van der Waals surface area (Å²) in [6.45, 7) is 9.57. The number of rotatable bonds is 5. The van der Waals surface area contributed by atoms with Crippen LogP contribution in [-0.2, 0) is 4.79 Å². The van der Waals surface area contributed by atoms with Crippen LogP contribution in [0.2, 0.25) is 0 Å². The first kappa shape index (κ1) is 11.5. The lowest BCUT2D eigenvalue weighted by Gasteiger charge is -2.37. The number of nitrogens with zero attached hydrogens (tertiary/aromatic N) is 1.